The van der Waals surface area contributed by atoms with Crippen molar-refractivity contribution in [1.29, 1.82) is 0 Å². The Hall–Kier alpha value is -1.26. The second-order valence-corrected chi connectivity index (χ2v) is 4.22. The van der Waals surface area contributed by atoms with Crippen molar-refractivity contribution in [2.75, 3.05) is 13.1 Å². The highest BCUT2D eigenvalue weighted by Gasteiger charge is 2.13. The summed E-state index contributed by atoms with van der Waals surface area (Å²) in [5.74, 6) is 0.176. The molecule has 0 aliphatic heterocycles. The quantitative estimate of drug-likeness (QED) is 0.213. The number of unbranched alkanes of at least 4 members (excludes halogenated alkanes) is 3. The largest absolute Gasteiger partial charge is 0.409 e. The molecule has 0 aliphatic carbocycles. The molecule has 0 rings (SSSR count). The second kappa shape index (κ2) is 9.93. The van der Waals surface area contributed by atoms with Gasteiger partial charge in [-0.05, 0) is 12.8 Å². The molecule has 0 saturated heterocycles. The highest BCUT2D eigenvalue weighted by molar-refractivity contribution is 5.86. The van der Waals surface area contributed by atoms with Gasteiger partial charge in [0.05, 0.1) is 6.54 Å². The molecule has 5 nitrogen and oxygen atoms in total. The van der Waals surface area contributed by atoms with Crippen LogP contribution in [0.15, 0.2) is 5.16 Å². The van der Waals surface area contributed by atoms with E-state index in [2.05, 4.69) is 12.1 Å². The van der Waals surface area contributed by atoms with E-state index in [1.807, 2.05) is 6.92 Å². The fourth-order valence-corrected chi connectivity index (χ4v) is 1.65. The number of carbonyl (C=O) groups excluding carboxylic acids is 1. The van der Waals surface area contributed by atoms with Crippen molar-refractivity contribution in [3.05, 3.63) is 0 Å². The fourth-order valence-electron chi connectivity index (χ4n) is 1.65. The topological polar surface area (TPSA) is 78.9 Å². The molecule has 0 aromatic heterocycles. The third-order valence-electron chi connectivity index (χ3n) is 2.57. The van der Waals surface area contributed by atoms with Gasteiger partial charge in [0, 0.05) is 13.0 Å². The number of rotatable bonds is 9. The van der Waals surface area contributed by atoms with Crippen molar-refractivity contribution >= 4 is 11.7 Å². The fraction of sp³-hybridized carbons (Fsp3) is 0.833. The van der Waals surface area contributed by atoms with Crippen molar-refractivity contribution in [2.24, 2.45) is 10.9 Å². The summed E-state index contributed by atoms with van der Waals surface area (Å²) >= 11 is 0. The van der Waals surface area contributed by atoms with E-state index in [1.165, 1.54) is 6.42 Å². The Labute approximate surface area is 104 Å². The van der Waals surface area contributed by atoms with E-state index < -0.39 is 0 Å². The normalized spacial score (nSPS) is 11.5. The van der Waals surface area contributed by atoms with Crippen molar-refractivity contribution in [2.45, 2.75) is 52.4 Å². The predicted octanol–water partition coefficient (Wildman–Crippen LogP) is 1.94. The van der Waals surface area contributed by atoms with Crippen LogP contribution in [0.2, 0.25) is 0 Å². The van der Waals surface area contributed by atoms with Crippen LogP contribution < -0.4 is 5.73 Å². The summed E-state index contributed by atoms with van der Waals surface area (Å²) in [4.78, 5) is 13.5. The Kier molecular flexibility index (Phi) is 9.19. The monoisotopic (exact) mass is 243 g/mol. The molecule has 17 heavy (non-hydrogen) atoms. The Balaban J connectivity index is 4.05. The molecule has 3 N–H and O–H groups in total. The van der Waals surface area contributed by atoms with Gasteiger partial charge in [-0.1, -0.05) is 38.3 Å². The lowest BCUT2D eigenvalue weighted by Gasteiger charge is -2.21. The molecule has 5 heteroatoms. The molecule has 0 heterocycles. The highest BCUT2D eigenvalue weighted by atomic mass is 16.4. The van der Waals surface area contributed by atoms with Gasteiger partial charge >= 0.3 is 0 Å². The lowest BCUT2D eigenvalue weighted by molar-refractivity contribution is -0.130. The third-order valence-corrected chi connectivity index (χ3v) is 2.57. The Bertz CT molecular complexity index is 242. The summed E-state index contributed by atoms with van der Waals surface area (Å²) < 4.78 is 0. The number of hydrogen-bond donors (Lipinski definition) is 2. The average Bonchev–Trinajstić information content (AvgIpc) is 2.33. The second-order valence-electron chi connectivity index (χ2n) is 4.22. The van der Waals surface area contributed by atoms with Gasteiger partial charge in [-0.3, -0.25) is 4.79 Å². The Morgan fingerprint density at radius 1 is 1.24 bits per heavy atom. The SMILES string of the molecule is CCCCCCC(=O)N(CCC)CC(N)=NO. The van der Waals surface area contributed by atoms with Gasteiger partial charge in [0.15, 0.2) is 5.84 Å². The lowest BCUT2D eigenvalue weighted by atomic mass is 10.1. The van der Waals surface area contributed by atoms with Crippen LogP contribution in [0.4, 0.5) is 0 Å². The first kappa shape index (κ1) is 15.7. The van der Waals surface area contributed by atoms with Crippen LogP contribution in [-0.4, -0.2) is 34.9 Å². The van der Waals surface area contributed by atoms with E-state index in [4.69, 9.17) is 10.9 Å². The number of amidine groups is 1. The summed E-state index contributed by atoms with van der Waals surface area (Å²) in [6.07, 6.45) is 5.77. The first-order chi connectivity index (χ1) is 8.15. The van der Waals surface area contributed by atoms with Crippen molar-refractivity contribution in [3.63, 3.8) is 0 Å². The van der Waals surface area contributed by atoms with Crippen molar-refractivity contribution in [3.8, 4) is 0 Å². The minimum Gasteiger partial charge on any atom is -0.409 e. The molecule has 0 spiro atoms. The smallest absolute Gasteiger partial charge is 0.222 e. The predicted molar refractivity (Wildman–Crippen MR) is 69.0 cm³/mol. The molecule has 0 aliphatic rings. The van der Waals surface area contributed by atoms with Crippen LogP contribution in [0.5, 0.6) is 0 Å². The molecular formula is C12H25N3O2. The molecule has 0 aromatic carbocycles. The van der Waals surface area contributed by atoms with E-state index in [9.17, 15) is 4.79 Å². The maximum absolute atomic E-state index is 11.9. The summed E-state index contributed by atoms with van der Waals surface area (Å²) in [5.41, 5.74) is 5.42. The highest BCUT2D eigenvalue weighted by Crippen LogP contribution is 2.05. The lowest BCUT2D eigenvalue weighted by Crippen LogP contribution is -2.39. The van der Waals surface area contributed by atoms with Crippen molar-refractivity contribution in [1.82, 2.24) is 4.90 Å². The van der Waals surface area contributed by atoms with Crippen LogP contribution >= 0.6 is 0 Å². The molecule has 0 radical (unpaired) electrons. The minimum absolute atomic E-state index is 0.0837. The molecule has 1 amide bonds. The van der Waals surface area contributed by atoms with E-state index in [-0.39, 0.29) is 18.3 Å². The van der Waals surface area contributed by atoms with Gasteiger partial charge in [0.1, 0.15) is 0 Å². The first-order valence-corrected chi connectivity index (χ1v) is 6.39. The Morgan fingerprint density at radius 2 is 1.94 bits per heavy atom. The van der Waals surface area contributed by atoms with Crippen LogP contribution in [0.1, 0.15) is 52.4 Å². The number of nitrogens with zero attached hydrogens (tertiary/aromatic N) is 2. The average molecular weight is 243 g/mol. The molecule has 100 valence electrons. The Morgan fingerprint density at radius 3 is 2.47 bits per heavy atom. The van der Waals surface area contributed by atoms with Crippen molar-refractivity contribution < 1.29 is 10.0 Å². The molecule has 0 fully saturated rings. The van der Waals surface area contributed by atoms with Gasteiger partial charge in [0.25, 0.3) is 0 Å². The molecule has 0 bridgehead atoms. The summed E-state index contributed by atoms with van der Waals surface area (Å²) in [5, 5.41) is 11.4. The van der Waals surface area contributed by atoms with Crippen LogP contribution in [0, 0.1) is 0 Å². The number of amides is 1. The first-order valence-electron chi connectivity index (χ1n) is 6.39. The summed E-state index contributed by atoms with van der Waals surface area (Å²) in [6.45, 7) is 5.02. The van der Waals surface area contributed by atoms with E-state index in [0.717, 1.165) is 25.7 Å². The number of hydrogen-bond acceptors (Lipinski definition) is 3. The van der Waals surface area contributed by atoms with E-state index in [0.29, 0.717) is 13.0 Å². The maximum Gasteiger partial charge on any atom is 0.222 e. The minimum atomic E-state index is 0.0837. The molecule has 0 atom stereocenters. The van der Waals surface area contributed by atoms with Gasteiger partial charge in [0.2, 0.25) is 5.91 Å². The van der Waals surface area contributed by atoms with E-state index in [1.54, 1.807) is 4.90 Å². The van der Waals surface area contributed by atoms with Gasteiger partial charge in [-0.15, -0.1) is 0 Å². The van der Waals surface area contributed by atoms with Crippen LogP contribution in [0.25, 0.3) is 0 Å². The zero-order chi connectivity index (χ0) is 13.1. The zero-order valence-electron chi connectivity index (χ0n) is 11.0. The number of carbonyl (C=O) groups is 1. The van der Waals surface area contributed by atoms with Gasteiger partial charge in [-0.2, -0.15) is 0 Å². The van der Waals surface area contributed by atoms with E-state index >= 15 is 0 Å². The van der Waals surface area contributed by atoms with Gasteiger partial charge in [-0.25, -0.2) is 0 Å². The standard InChI is InChI=1S/C12H25N3O2/c1-3-5-6-7-8-12(16)15(9-4-2)10-11(13)14-17/h17H,3-10H2,1-2H3,(H2,13,14). The van der Waals surface area contributed by atoms with Crippen LogP contribution in [0.3, 0.4) is 0 Å². The summed E-state index contributed by atoms with van der Waals surface area (Å²) in [7, 11) is 0. The van der Waals surface area contributed by atoms with Gasteiger partial charge < -0.3 is 15.8 Å². The number of oxime groups is 1. The molecular weight excluding hydrogens is 218 g/mol. The van der Waals surface area contributed by atoms with Crippen LogP contribution in [-0.2, 0) is 4.79 Å². The molecule has 0 aromatic rings. The maximum atomic E-state index is 11.9. The number of nitrogens with two attached hydrogens (primary N) is 1. The zero-order valence-corrected chi connectivity index (χ0v) is 11.0. The molecule has 0 unspecified atom stereocenters. The molecule has 0 saturated carbocycles. The third kappa shape index (κ3) is 7.60. The summed E-state index contributed by atoms with van der Waals surface area (Å²) in [6, 6.07) is 0.